The number of thiocarbonyl (C=S) groups is 1. The molecule has 0 aliphatic carbocycles. The highest BCUT2D eigenvalue weighted by atomic mass is 32.1. The van der Waals surface area contributed by atoms with Gasteiger partial charge in [-0.05, 0) is 67.9 Å². The van der Waals surface area contributed by atoms with E-state index < -0.39 is 4.92 Å². The molecule has 2 aromatic carbocycles. The highest BCUT2D eigenvalue weighted by Gasteiger charge is 2.13. The zero-order valence-corrected chi connectivity index (χ0v) is 14.6. The zero-order valence-electron chi connectivity index (χ0n) is 13.8. The molecular formula is C18H20N4O2S. The van der Waals surface area contributed by atoms with Crippen LogP contribution in [0.15, 0.2) is 48.5 Å². The van der Waals surface area contributed by atoms with E-state index in [2.05, 4.69) is 15.5 Å². The number of hydrogen-bond donors (Lipinski definition) is 2. The van der Waals surface area contributed by atoms with Gasteiger partial charge in [0.15, 0.2) is 5.11 Å². The van der Waals surface area contributed by atoms with E-state index in [1.54, 1.807) is 12.1 Å². The molecule has 0 spiro atoms. The molecule has 0 bridgehead atoms. The van der Waals surface area contributed by atoms with E-state index in [4.69, 9.17) is 12.2 Å². The van der Waals surface area contributed by atoms with Crippen molar-refractivity contribution in [2.24, 2.45) is 0 Å². The molecule has 0 aromatic heterocycles. The van der Waals surface area contributed by atoms with Gasteiger partial charge < -0.3 is 15.5 Å². The fraction of sp³-hybridized carbons (Fsp3) is 0.278. The van der Waals surface area contributed by atoms with E-state index in [1.165, 1.54) is 31.4 Å². The maximum atomic E-state index is 10.7. The molecule has 6 nitrogen and oxygen atoms in total. The van der Waals surface area contributed by atoms with Gasteiger partial charge >= 0.3 is 0 Å². The third-order valence-electron chi connectivity index (χ3n) is 4.15. The van der Waals surface area contributed by atoms with Crippen molar-refractivity contribution in [3.63, 3.8) is 0 Å². The summed E-state index contributed by atoms with van der Waals surface area (Å²) in [4.78, 5) is 12.5. The Morgan fingerprint density at radius 2 is 1.44 bits per heavy atom. The Morgan fingerprint density at radius 1 is 0.920 bits per heavy atom. The van der Waals surface area contributed by atoms with Gasteiger partial charge in [0.25, 0.3) is 5.69 Å². The number of nitrogens with zero attached hydrogens (tertiary/aromatic N) is 2. The van der Waals surface area contributed by atoms with Crippen LogP contribution in [0.1, 0.15) is 19.3 Å². The summed E-state index contributed by atoms with van der Waals surface area (Å²) >= 11 is 5.47. The fourth-order valence-electron chi connectivity index (χ4n) is 2.77. The zero-order chi connectivity index (χ0) is 17.6. The van der Waals surface area contributed by atoms with Crippen molar-refractivity contribution in [2.45, 2.75) is 19.3 Å². The molecule has 130 valence electrons. The molecule has 0 saturated carbocycles. The Hall–Kier alpha value is -2.67. The Balaban J connectivity index is 1.58. The SMILES string of the molecule is O=[N+]([O-])c1ccc(Nc2ccc(NC(=S)N3CCCCC3)cc2)cc1. The summed E-state index contributed by atoms with van der Waals surface area (Å²) in [7, 11) is 0. The summed E-state index contributed by atoms with van der Waals surface area (Å²) in [5, 5.41) is 17.9. The lowest BCUT2D eigenvalue weighted by Crippen LogP contribution is -2.38. The second-order valence-electron chi connectivity index (χ2n) is 5.98. The molecule has 3 rings (SSSR count). The van der Waals surface area contributed by atoms with Crippen LogP contribution in [0.2, 0.25) is 0 Å². The van der Waals surface area contributed by atoms with Crippen LogP contribution in [0, 0.1) is 10.1 Å². The molecule has 25 heavy (non-hydrogen) atoms. The van der Waals surface area contributed by atoms with Gasteiger partial charge in [0.05, 0.1) is 4.92 Å². The maximum absolute atomic E-state index is 10.7. The van der Waals surface area contributed by atoms with Gasteiger partial charge in [-0.3, -0.25) is 10.1 Å². The number of likely N-dealkylation sites (tertiary alicyclic amines) is 1. The number of benzene rings is 2. The first kappa shape index (κ1) is 17.2. The Morgan fingerprint density at radius 3 is 2.00 bits per heavy atom. The Kier molecular flexibility index (Phi) is 5.45. The van der Waals surface area contributed by atoms with Crippen LogP contribution in [-0.4, -0.2) is 28.0 Å². The molecule has 0 radical (unpaired) electrons. The maximum Gasteiger partial charge on any atom is 0.269 e. The number of anilines is 3. The second kappa shape index (κ2) is 7.94. The minimum Gasteiger partial charge on any atom is -0.356 e. The predicted molar refractivity (Wildman–Crippen MR) is 104 cm³/mol. The summed E-state index contributed by atoms with van der Waals surface area (Å²) in [6, 6.07) is 14.2. The number of rotatable bonds is 4. The van der Waals surface area contributed by atoms with Crippen LogP contribution in [0.3, 0.4) is 0 Å². The van der Waals surface area contributed by atoms with Crippen LogP contribution in [0.4, 0.5) is 22.7 Å². The number of piperidine rings is 1. The van der Waals surface area contributed by atoms with Gasteiger partial charge in [-0.15, -0.1) is 0 Å². The van der Waals surface area contributed by atoms with Gasteiger partial charge in [-0.1, -0.05) is 0 Å². The number of nitrogens with one attached hydrogen (secondary N) is 2. The van der Waals surface area contributed by atoms with E-state index in [-0.39, 0.29) is 5.69 Å². The fourth-order valence-corrected chi connectivity index (χ4v) is 3.07. The summed E-state index contributed by atoms with van der Waals surface area (Å²) in [6.07, 6.45) is 3.67. The first-order chi connectivity index (χ1) is 12.1. The third-order valence-corrected chi connectivity index (χ3v) is 4.51. The molecule has 2 aromatic rings. The van der Waals surface area contributed by atoms with Crippen LogP contribution in [0.5, 0.6) is 0 Å². The average molecular weight is 356 g/mol. The lowest BCUT2D eigenvalue weighted by atomic mass is 10.1. The molecule has 1 saturated heterocycles. The monoisotopic (exact) mass is 356 g/mol. The molecule has 0 amide bonds. The van der Waals surface area contributed by atoms with E-state index in [0.29, 0.717) is 0 Å². The van der Waals surface area contributed by atoms with Gasteiger partial charge in [0, 0.05) is 42.3 Å². The van der Waals surface area contributed by atoms with Crippen LogP contribution < -0.4 is 10.6 Å². The number of nitro groups is 1. The Bertz CT molecular complexity index is 741. The Labute approximate surface area is 152 Å². The van der Waals surface area contributed by atoms with E-state index in [1.807, 2.05) is 24.3 Å². The van der Waals surface area contributed by atoms with Crippen molar-refractivity contribution >= 4 is 40.1 Å². The van der Waals surface area contributed by atoms with Crippen molar-refractivity contribution in [1.29, 1.82) is 0 Å². The third kappa shape index (κ3) is 4.67. The highest BCUT2D eigenvalue weighted by Crippen LogP contribution is 2.22. The topological polar surface area (TPSA) is 70.4 Å². The molecule has 0 atom stereocenters. The van der Waals surface area contributed by atoms with Crippen molar-refractivity contribution in [1.82, 2.24) is 4.90 Å². The lowest BCUT2D eigenvalue weighted by Gasteiger charge is -2.29. The number of non-ortho nitro benzene ring substituents is 1. The van der Waals surface area contributed by atoms with Gasteiger partial charge in [-0.25, -0.2) is 0 Å². The normalized spacial score (nSPS) is 14.0. The molecule has 1 heterocycles. The van der Waals surface area contributed by atoms with Crippen LogP contribution >= 0.6 is 12.2 Å². The van der Waals surface area contributed by atoms with Gasteiger partial charge in [0.1, 0.15) is 0 Å². The highest BCUT2D eigenvalue weighted by molar-refractivity contribution is 7.80. The summed E-state index contributed by atoms with van der Waals surface area (Å²) in [5.74, 6) is 0. The largest absolute Gasteiger partial charge is 0.356 e. The van der Waals surface area contributed by atoms with Gasteiger partial charge in [0.2, 0.25) is 0 Å². The summed E-state index contributed by atoms with van der Waals surface area (Å²) < 4.78 is 0. The molecule has 1 aliphatic rings. The summed E-state index contributed by atoms with van der Waals surface area (Å²) in [6.45, 7) is 2.04. The predicted octanol–water partition coefficient (Wildman–Crippen LogP) is 4.52. The van der Waals surface area contributed by atoms with Crippen LogP contribution in [-0.2, 0) is 0 Å². The summed E-state index contributed by atoms with van der Waals surface area (Å²) in [5.41, 5.74) is 2.74. The van der Waals surface area contributed by atoms with Crippen molar-refractivity contribution in [3.05, 3.63) is 58.6 Å². The van der Waals surface area contributed by atoms with E-state index in [0.717, 1.165) is 35.3 Å². The number of hydrogen-bond acceptors (Lipinski definition) is 4. The first-order valence-corrected chi connectivity index (χ1v) is 8.70. The molecule has 2 N–H and O–H groups in total. The molecular weight excluding hydrogens is 336 g/mol. The standard InChI is InChI=1S/C18H20N4O2S/c23-22(24)17-10-8-15(9-11-17)19-14-4-6-16(7-5-14)20-18(25)21-12-2-1-3-13-21/h4-11,19H,1-3,12-13H2,(H,20,25). The van der Waals surface area contributed by atoms with E-state index >= 15 is 0 Å². The van der Waals surface area contributed by atoms with E-state index in [9.17, 15) is 10.1 Å². The van der Waals surface area contributed by atoms with Crippen LogP contribution in [0.25, 0.3) is 0 Å². The molecule has 7 heteroatoms. The average Bonchev–Trinajstić information content (AvgIpc) is 2.64. The van der Waals surface area contributed by atoms with Gasteiger partial charge in [-0.2, -0.15) is 0 Å². The van der Waals surface area contributed by atoms with Crippen molar-refractivity contribution in [2.75, 3.05) is 23.7 Å². The second-order valence-corrected chi connectivity index (χ2v) is 6.37. The smallest absolute Gasteiger partial charge is 0.269 e. The molecule has 1 fully saturated rings. The first-order valence-electron chi connectivity index (χ1n) is 8.29. The van der Waals surface area contributed by atoms with Crippen molar-refractivity contribution in [3.8, 4) is 0 Å². The van der Waals surface area contributed by atoms with Crippen molar-refractivity contribution < 1.29 is 4.92 Å². The molecule has 0 unspecified atom stereocenters. The minimum absolute atomic E-state index is 0.0799. The molecule has 1 aliphatic heterocycles. The number of nitro benzene ring substituents is 1. The quantitative estimate of drug-likeness (QED) is 0.477. The minimum atomic E-state index is -0.407. The lowest BCUT2D eigenvalue weighted by molar-refractivity contribution is -0.384.